The fourth-order valence-corrected chi connectivity index (χ4v) is 2.96. The lowest BCUT2D eigenvalue weighted by Crippen LogP contribution is -2.15. The standard InChI is InChI=1S/C12H16BrNO2S/c1-3-7-16-12(15)11(17-2)10-8(13)5-4-6-9(10)14/h4-6,11H,3,7,14H2,1-2H3. The van der Waals surface area contributed by atoms with Gasteiger partial charge in [-0.2, -0.15) is 0 Å². The molecule has 94 valence electrons. The summed E-state index contributed by atoms with van der Waals surface area (Å²) >= 11 is 4.85. The van der Waals surface area contributed by atoms with Crippen molar-refractivity contribution < 1.29 is 9.53 Å². The van der Waals surface area contributed by atoms with Gasteiger partial charge in [0.15, 0.2) is 0 Å². The number of nitrogen functional groups attached to an aromatic ring is 1. The third-order valence-corrected chi connectivity index (χ3v) is 3.84. The smallest absolute Gasteiger partial charge is 0.323 e. The number of hydrogen-bond donors (Lipinski definition) is 1. The predicted octanol–water partition coefficient (Wildman–Crippen LogP) is 3.39. The molecule has 0 aliphatic heterocycles. The first-order chi connectivity index (χ1) is 8.11. The van der Waals surface area contributed by atoms with E-state index in [2.05, 4.69) is 15.9 Å². The second kappa shape index (κ2) is 6.91. The SMILES string of the molecule is CCCOC(=O)C(SC)c1c(N)cccc1Br. The van der Waals surface area contributed by atoms with E-state index in [0.717, 1.165) is 16.5 Å². The molecule has 0 aliphatic carbocycles. The highest BCUT2D eigenvalue weighted by molar-refractivity contribution is 9.10. The summed E-state index contributed by atoms with van der Waals surface area (Å²) in [5.41, 5.74) is 7.31. The van der Waals surface area contributed by atoms with Crippen molar-refractivity contribution in [2.75, 3.05) is 18.6 Å². The van der Waals surface area contributed by atoms with E-state index in [1.807, 2.05) is 25.3 Å². The lowest BCUT2D eigenvalue weighted by atomic mass is 10.1. The molecule has 0 aliphatic rings. The number of esters is 1. The molecule has 2 N–H and O–H groups in total. The van der Waals surface area contributed by atoms with Gasteiger partial charge in [0.25, 0.3) is 0 Å². The minimum absolute atomic E-state index is 0.238. The largest absolute Gasteiger partial charge is 0.465 e. The number of rotatable bonds is 5. The molecule has 0 saturated heterocycles. The molecular weight excluding hydrogens is 302 g/mol. The fourth-order valence-electron chi connectivity index (χ4n) is 1.44. The molecule has 0 bridgehead atoms. The molecule has 1 aromatic rings. The van der Waals surface area contributed by atoms with Gasteiger partial charge in [-0.05, 0) is 24.8 Å². The summed E-state index contributed by atoms with van der Waals surface area (Å²) in [5.74, 6) is -0.238. The van der Waals surface area contributed by atoms with Gasteiger partial charge in [-0.25, -0.2) is 0 Å². The van der Waals surface area contributed by atoms with Crippen LogP contribution in [0.2, 0.25) is 0 Å². The summed E-state index contributed by atoms with van der Waals surface area (Å²) in [7, 11) is 0. The summed E-state index contributed by atoms with van der Waals surface area (Å²) in [6.45, 7) is 2.41. The molecule has 1 rings (SSSR count). The van der Waals surface area contributed by atoms with Gasteiger partial charge in [0.05, 0.1) is 6.61 Å². The number of hydrogen-bond acceptors (Lipinski definition) is 4. The zero-order valence-electron chi connectivity index (χ0n) is 9.90. The van der Waals surface area contributed by atoms with Crippen molar-refractivity contribution in [1.82, 2.24) is 0 Å². The Morgan fingerprint density at radius 3 is 2.82 bits per heavy atom. The monoisotopic (exact) mass is 317 g/mol. The van der Waals surface area contributed by atoms with Gasteiger partial charge in [-0.1, -0.05) is 28.9 Å². The van der Waals surface area contributed by atoms with Gasteiger partial charge < -0.3 is 10.5 Å². The number of halogens is 1. The highest BCUT2D eigenvalue weighted by Gasteiger charge is 2.25. The maximum Gasteiger partial charge on any atom is 0.323 e. The Morgan fingerprint density at radius 1 is 1.59 bits per heavy atom. The molecule has 0 aromatic heterocycles. The summed E-state index contributed by atoms with van der Waals surface area (Å²) in [6, 6.07) is 5.51. The van der Waals surface area contributed by atoms with Crippen LogP contribution in [-0.4, -0.2) is 18.8 Å². The topological polar surface area (TPSA) is 52.3 Å². The van der Waals surface area contributed by atoms with E-state index in [-0.39, 0.29) is 11.2 Å². The molecule has 3 nitrogen and oxygen atoms in total. The zero-order chi connectivity index (χ0) is 12.8. The average Bonchev–Trinajstić information content (AvgIpc) is 2.31. The molecular formula is C12H16BrNO2S. The quantitative estimate of drug-likeness (QED) is 0.668. The van der Waals surface area contributed by atoms with Gasteiger partial charge in [0.1, 0.15) is 5.25 Å². The van der Waals surface area contributed by atoms with E-state index < -0.39 is 0 Å². The molecule has 0 heterocycles. The van der Waals surface area contributed by atoms with Crippen molar-refractivity contribution in [3.63, 3.8) is 0 Å². The number of thioether (sulfide) groups is 1. The van der Waals surface area contributed by atoms with E-state index in [0.29, 0.717) is 12.3 Å². The van der Waals surface area contributed by atoms with Crippen LogP contribution >= 0.6 is 27.7 Å². The van der Waals surface area contributed by atoms with Crippen LogP contribution in [0.1, 0.15) is 24.2 Å². The Balaban J connectivity index is 2.97. The predicted molar refractivity (Wildman–Crippen MR) is 76.1 cm³/mol. The van der Waals surface area contributed by atoms with Crippen molar-refractivity contribution in [2.24, 2.45) is 0 Å². The fraction of sp³-hybridized carbons (Fsp3) is 0.417. The third kappa shape index (κ3) is 3.64. The van der Waals surface area contributed by atoms with Crippen LogP contribution in [0.5, 0.6) is 0 Å². The molecule has 0 amide bonds. The summed E-state index contributed by atoms with van der Waals surface area (Å²) in [4.78, 5) is 11.9. The zero-order valence-corrected chi connectivity index (χ0v) is 12.3. The number of ether oxygens (including phenoxy) is 1. The molecule has 0 saturated carbocycles. The Morgan fingerprint density at radius 2 is 2.29 bits per heavy atom. The molecule has 17 heavy (non-hydrogen) atoms. The molecule has 1 atom stereocenters. The van der Waals surface area contributed by atoms with E-state index in [9.17, 15) is 4.79 Å². The Bertz CT molecular complexity index is 378. The van der Waals surface area contributed by atoms with E-state index in [4.69, 9.17) is 10.5 Å². The Kier molecular flexibility index (Phi) is 5.85. The average molecular weight is 318 g/mol. The first kappa shape index (κ1) is 14.4. The van der Waals surface area contributed by atoms with Crippen molar-refractivity contribution >= 4 is 39.3 Å². The first-order valence-corrected chi connectivity index (χ1v) is 7.43. The number of anilines is 1. The number of benzene rings is 1. The molecule has 0 radical (unpaired) electrons. The van der Waals surface area contributed by atoms with Crippen LogP contribution in [-0.2, 0) is 9.53 Å². The van der Waals surface area contributed by atoms with Gasteiger partial charge in [-0.3, -0.25) is 4.79 Å². The van der Waals surface area contributed by atoms with Gasteiger partial charge in [0, 0.05) is 15.7 Å². The third-order valence-electron chi connectivity index (χ3n) is 2.25. The lowest BCUT2D eigenvalue weighted by Gasteiger charge is -2.17. The number of carbonyl (C=O) groups is 1. The van der Waals surface area contributed by atoms with Crippen LogP contribution in [0.4, 0.5) is 5.69 Å². The summed E-state index contributed by atoms with van der Waals surface area (Å²) in [5, 5.41) is -0.378. The van der Waals surface area contributed by atoms with Crippen molar-refractivity contribution in [3.8, 4) is 0 Å². The molecule has 0 spiro atoms. The van der Waals surface area contributed by atoms with Crippen LogP contribution in [0.3, 0.4) is 0 Å². The Labute approximate surface area is 114 Å². The number of nitrogens with two attached hydrogens (primary N) is 1. The van der Waals surface area contributed by atoms with Crippen molar-refractivity contribution in [2.45, 2.75) is 18.6 Å². The van der Waals surface area contributed by atoms with Gasteiger partial charge >= 0.3 is 5.97 Å². The van der Waals surface area contributed by atoms with Gasteiger partial charge in [-0.15, -0.1) is 11.8 Å². The van der Waals surface area contributed by atoms with Crippen LogP contribution in [0.15, 0.2) is 22.7 Å². The van der Waals surface area contributed by atoms with Crippen LogP contribution in [0, 0.1) is 0 Å². The Hall–Kier alpha value is -0.680. The molecule has 0 fully saturated rings. The van der Waals surface area contributed by atoms with Crippen molar-refractivity contribution in [1.29, 1.82) is 0 Å². The minimum atomic E-state index is -0.378. The second-order valence-electron chi connectivity index (χ2n) is 3.53. The normalized spacial score (nSPS) is 12.2. The molecule has 5 heteroatoms. The summed E-state index contributed by atoms with van der Waals surface area (Å²) in [6.07, 6.45) is 2.69. The number of carbonyl (C=O) groups excluding carboxylic acids is 1. The first-order valence-electron chi connectivity index (χ1n) is 5.35. The highest BCUT2D eigenvalue weighted by atomic mass is 79.9. The van der Waals surface area contributed by atoms with E-state index in [1.165, 1.54) is 11.8 Å². The maximum absolute atomic E-state index is 11.9. The summed E-state index contributed by atoms with van der Waals surface area (Å²) < 4.78 is 6.01. The lowest BCUT2D eigenvalue weighted by molar-refractivity contribution is -0.143. The van der Waals surface area contributed by atoms with Crippen LogP contribution in [0.25, 0.3) is 0 Å². The highest BCUT2D eigenvalue weighted by Crippen LogP contribution is 2.37. The van der Waals surface area contributed by atoms with E-state index in [1.54, 1.807) is 6.07 Å². The van der Waals surface area contributed by atoms with Crippen molar-refractivity contribution in [3.05, 3.63) is 28.2 Å². The van der Waals surface area contributed by atoms with Crippen LogP contribution < -0.4 is 5.73 Å². The van der Waals surface area contributed by atoms with E-state index >= 15 is 0 Å². The molecule has 1 aromatic carbocycles. The van der Waals surface area contributed by atoms with Gasteiger partial charge in [0.2, 0.25) is 0 Å². The maximum atomic E-state index is 11.9. The molecule has 1 unspecified atom stereocenters. The minimum Gasteiger partial charge on any atom is -0.465 e. The second-order valence-corrected chi connectivity index (χ2v) is 5.32.